The molecule has 3 fully saturated rings. The van der Waals surface area contributed by atoms with Crippen LogP contribution in [0, 0.1) is 22.7 Å². The molecule has 2 bridgehead atoms. The molecular formula is C12H20O2. The molecular weight excluding hydrogens is 176 g/mol. The third kappa shape index (κ3) is 0.737. The molecule has 2 nitrogen and oxygen atoms in total. The Hall–Kier alpha value is -0.0800. The van der Waals surface area contributed by atoms with Gasteiger partial charge in [0.15, 0.2) is 0 Å². The summed E-state index contributed by atoms with van der Waals surface area (Å²) in [6.07, 6.45) is 5.68. The van der Waals surface area contributed by atoms with E-state index in [1.54, 1.807) is 0 Å². The van der Waals surface area contributed by atoms with Gasteiger partial charge in [-0.2, -0.15) is 0 Å². The zero-order valence-corrected chi connectivity index (χ0v) is 8.87. The molecule has 0 aromatic rings. The Labute approximate surface area is 85.3 Å². The van der Waals surface area contributed by atoms with Crippen molar-refractivity contribution in [2.75, 3.05) is 6.61 Å². The van der Waals surface area contributed by atoms with Crippen LogP contribution in [-0.2, 0) is 0 Å². The van der Waals surface area contributed by atoms with Crippen molar-refractivity contribution in [2.24, 2.45) is 22.7 Å². The molecule has 2 N–H and O–H groups in total. The second kappa shape index (κ2) is 2.53. The molecule has 3 aliphatic carbocycles. The summed E-state index contributed by atoms with van der Waals surface area (Å²) in [5.74, 6) is 1.07. The van der Waals surface area contributed by atoms with E-state index in [-0.39, 0.29) is 11.5 Å². The number of aliphatic hydroxyl groups excluding tert-OH is 2. The van der Waals surface area contributed by atoms with E-state index in [4.69, 9.17) is 0 Å². The predicted octanol–water partition coefficient (Wildman–Crippen LogP) is 1.56. The molecule has 0 aliphatic heterocycles. The third-order valence-corrected chi connectivity index (χ3v) is 5.88. The molecule has 3 aliphatic rings. The van der Waals surface area contributed by atoms with Crippen LogP contribution in [0.3, 0.4) is 0 Å². The molecule has 0 saturated heterocycles. The second-order valence-corrected chi connectivity index (χ2v) is 5.93. The van der Waals surface area contributed by atoms with Crippen LogP contribution < -0.4 is 0 Å². The minimum Gasteiger partial charge on any atom is -0.396 e. The summed E-state index contributed by atoms with van der Waals surface area (Å²) in [4.78, 5) is 0. The van der Waals surface area contributed by atoms with Gasteiger partial charge < -0.3 is 10.2 Å². The molecule has 3 saturated carbocycles. The fraction of sp³-hybridized carbons (Fsp3) is 1.00. The van der Waals surface area contributed by atoms with Gasteiger partial charge in [0.1, 0.15) is 0 Å². The van der Waals surface area contributed by atoms with Gasteiger partial charge in [0.05, 0.1) is 6.10 Å². The lowest BCUT2D eigenvalue weighted by Gasteiger charge is -2.48. The van der Waals surface area contributed by atoms with Crippen LogP contribution in [0.15, 0.2) is 0 Å². The van der Waals surface area contributed by atoms with Crippen molar-refractivity contribution in [1.82, 2.24) is 0 Å². The molecule has 0 aromatic carbocycles. The van der Waals surface area contributed by atoms with Crippen molar-refractivity contribution in [3.63, 3.8) is 0 Å². The van der Waals surface area contributed by atoms with Crippen molar-refractivity contribution in [2.45, 2.75) is 45.1 Å². The van der Waals surface area contributed by atoms with E-state index in [1.807, 2.05) is 0 Å². The van der Waals surface area contributed by atoms with Crippen molar-refractivity contribution < 1.29 is 10.2 Å². The van der Waals surface area contributed by atoms with Crippen LogP contribution >= 0.6 is 0 Å². The van der Waals surface area contributed by atoms with Gasteiger partial charge >= 0.3 is 0 Å². The predicted molar refractivity (Wildman–Crippen MR) is 53.7 cm³/mol. The average molecular weight is 196 g/mol. The first-order chi connectivity index (χ1) is 6.64. The molecule has 0 heterocycles. The van der Waals surface area contributed by atoms with Gasteiger partial charge in [-0.15, -0.1) is 0 Å². The first-order valence-electron chi connectivity index (χ1n) is 5.93. The fourth-order valence-electron chi connectivity index (χ4n) is 5.03. The quantitative estimate of drug-likeness (QED) is 0.668. The van der Waals surface area contributed by atoms with Gasteiger partial charge in [-0.25, -0.2) is 0 Å². The van der Waals surface area contributed by atoms with Crippen molar-refractivity contribution in [3.05, 3.63) is 0 Å². The zero-order chi connectivity index (χ0) is 9.97. The Bertz CT molecular complexity index is 265. The van der Waals surface area contributed by atoms with Gasteiger partial charge in [0.25, 0.3) is 0 Å². The molecule has 0 unspecified atom stereocenters. The number of aliphatic hydroxyl groups is 2. The average Bonchev–Trinajstić information content (AvgIpc) is 2.73. The molecule has 3 rings (SSSR count). The molecule has 80 valence electrons. The first kappa shape index (κ1) is 9.17. The maximum absolute atomic E-state index is 9.97. The van der Waals surface area contributed by atoms with Crippen molar-refractivity contribution in [3.8, 4) is 0 Å². The first-order valence-corrected chi connectivity index (χ1v) is 5.93. The minimum absolute atomic E-state index is 0.0787. The molecule has 0 aromatic heterocycles. The Balaban J connectivity index is 2.06. The van der Waals surface area contributed by atoms with Gasteiger partial charge in [-0.3, -0.25) is 0 Å². The number of hydrogen-bond acceptors (Lipinski definition) is 2. The van der Waals surface area contributed by atoms with E-state index in [1.165, 1.54) is 12.8 Å². The highest BCUT2D eigenvalue weighted by atomic mass is 16.3. The van der Waals surface area contributed by atoms with Crippen LogP contribution in [0.4, 0.5) is 0 Å². The molecule has 14 heavy (non-hydrogen) atoms. The van der Waals surface area contributed by atoms with E-state index < -0.39 is 0 Å². The van der Waals surface area contributed by atoms with Crippen LogP contribution in [0.1, 0.15) is 39.0 Å². The highest BCUT2D eigenvalue weighted by Gasteiger charge is 2.68. The summed E-state index contributed by atoms with van der Waals surface area (Å²) in [6, 6.07) is 0. The van der Waals surface area contributed by atoms with E-state index >= 15 is 0 Å². The SMILES string of the molecule is C[C@]12CCC[C@@]1(CO)[C@H]1C[C@@H]2C[C@H]1O. The highest BCUT2D eigenvalue weighted by molar-refractivity contribution is 5.17. The Morgan fingerprint density at radius 2 is 2.07 bits per heavy atom. The van der Waals surface area contributed by atoms with Crippen molar-refractivity contribution in [1.29, 1.82) is 0 Å². The van der Waals surface area contributed by atoms with Crippen LogP contribution in [0.25, 0.3) is 0 Å². The second-order valence-electron chi connectivity index (χ2n) is 5.93. The standard InChI is InChI=1S/C12H20O2/c1-11-3-2-4-12(11,7-13)9-5-8(11)6-10(9)14/h8-10,13-14H,2-7H2,1H3/t8-,9+,10-,11-,12-/m1/s1. The summed E-state index contributed by atoms with van der Waals surface area (Å²) in [5, 5.41) is 19.7. The molecule has 5 atom stereocenters. The summed E-state index contributed by atoms with van der Waals surface area (Å²) >= 11 is 0. The van der Waals surface area contributed by atoms with Crippen LogP contribution in [0.2, 0.25) is 0 Å². The van der Waals surface area contributed by atoms with Crippen LogP contribution in [-0.4, -0.2) is 22.9 Å². The molecule has 2 heteroatoms. The van der Waals surface area contributed by atoms with Gasteiger partial charge in [0.2, 0.25) is 0 Å². The Morgan fingerprint density at radius 3 is 2.79 bits per heavy atom. The number of hydrogen-bond donors (Lipinski definition) is 2. The molecule has 0 amide bonds. The van der Waals surface area contributed by atoms with E-state index in [0.29, 0.717) is 23.9 Å². The summed E-state index contributed by atoms with van der Waals surface area (Å²) in [7, 11) is 0. The van der Waals surface area contributed by atoms with E-state index in [9.17, 15) is 10.2 Å². The third-order valence-electron chi connectivity index (χ3n) is 5.88. The van der Waals surface area contributed by atoms with Gasteiger partial charge in [-0.1, -0.05) is 13.3 Å². The van der Waals surface area contributed by atoms with E-state index in [2.05, 4.69) is 6.92 Å². The van der Waals surface area contributed by atoms with E-state index in [0.717, 1.165) is 19.3 Å². The fourth-order valence-corrected chi connectivity index (χ4v) is 5.03. The normalized spacial score (nSPS) is 60.6. The summed E-state index contributed by atoms with van der Waals surface area (Å²) in [6.45, 7) is 2.65. The number of rotatable bonds is 1. The lowest BCUT2D eigenvalue weighted by atomic mass is 9.58. The molecule has 0 spiro atoms. The minimum atomic E-state index is -0.127. The van der Waals surface area contributed by atoms with Crippen molar-refractivity contribution >= 4 is 0 Å². The lowest BCUT2D eigenvalue weighted by Crippen LogP contribution is -2.48. The largest absolute Gasteiger partial charge is 0.396 e. The van der Waals surface area contributed by atoms with Gasteiger partial charge in [-0.05, 0) is 42.9 Å². The maximum atomic E-state index is 9.97. The highest BCUT2D eigenvalue weighted by Crippen LogP contribution is 2.72. The topological polar surface area (TPSA) is 40.5 Å². The maximum Gasteiger partial charge on any atom is 0.0577 e. The summed E-state index contributed by atoms with van der Waals surface area (Å²) in [5.41, 5.74) is 0.418. The smallest absolute Gasteiger partial charge is 0.0577 e. The summed E-state index contributed by atoms with van der Waals surface area (Å²) < 4.78 is 0. The number of fused-ring (bicyclic) bond motifs is 5. The molecule has 0 radical (unpaired) electrons. The Kier molecular flexibility index (Phi) is 1.66. The monoisotopic (exact) mass is 196 g/mol. The van der Waals surface area contributed by atoms with Gasteiger partial charge in [0, 0.05) is 12.0 Å². The zero-order valence-electron chi connectivity index (χ0n) is 8.87. The lowest BCUT2D eigenvalue weighted by molar-refractivity contribution is -0.0805. The van der Waals surface area contributed by atoms with Crippen LogP contribution in [0.5, 0.6) is 0 Å². The Morgan fingerprint density at radius 1 is 1.29 bits per heavy atom.